The molecule has 0 atom stereocenters. The molecular formula is C12H19F2N3. The van der Waals surface area contributed by atoms with E-state index in [0.29, 0.717) is 6.54 Å². The second-order valence-electron chi connectivity index (χ2n) is 4.92. The first-order valence-corrected chi connectivity index (χ1v) is 5.40. The van der Waals surface area contributed by atoms with Crippen LogP contribution in [0.25, 0.3) is 0 Å². The average molecular weight is 243 g/mol. The molecule has 0 aromatic heterocycles. The van der Waals surface area contributed by atoms with Crippen molar-refractivity contribution in [2.45, 2.75) is 19.4 Å². The van der Waals surface area contributed by atoms with E-state index in [9.17, 15) is 8.78 Å². The van der Waals surface area contributed by atoms with Crippen molar-refractivity contribution in [3.05, 3.63) is 23.8 Å². The third-order valence-electron chi connectivity index (χ3n) is 2.97. The minimum Gasteiger partial charge on any atom is -0.399 e. The van der Waals surface area contributed by atoms with Gasteiger partial charge in [0.2, 0.25) is 0 Å². The Kier molecular flexibility index (Phi) is 3.93. The summed E-state index contributed by atoms with van der Waals surface area (Å²) in [4.78, 5) is 1.98. The van der Waals surface area contributed by atoms with Gasteiger partial charge in [-0.2, -0.15) is 0 Å². The lowest BCUT2D eigenvalue weighted by Gasteiger charge is -2.33. The Labute approximate surface area is 101 Å². The van der Waals surface area contributed by atoms with E-state index in [1.54, 1.807) is 0 Å². The van der Waals surface area contributed by atoms with Crippen LogP contribution in [0.15, 0.2) is 12.1 Å². The van der Waals surface area contributed by atoms with E-state index in [4.69, 9.17) is 5.73 Å². The largest absolute Gasteiger partial charge is 0.399 e. The van der Waals surface area contributed by atoms with Gasteiger partial charge in [0.1, 0.15) is 5.69 Å². The summed E-state index contributed by atoms with van der Waals surface area (Å²) in [7, 11) is 3.83. The summed E-state index contributed by atoms with van der Waals surface area (Å²) in [6, 6.07) is 2.21. The summed E-state index contributed by atoms with van der Waals surface area (Å²) in [5.74, 6) is -1.34. The molecule has 17 heavy (non-hydrogen) atoms. The van der Waals surface area contributed by atoms with Crippen molar-refractivity contribution in [3.63, 3.8) is 0 Å². The lowest BCUT2D eigenvalue weighted by Crippen LogP contribution is -2.44. The maximum Gasteiger partial charge on any atom is 0.151 e. The molecular weight excluding hydrogens is 224 g/mol. The van der Waals surface area contributed by atoms with Gasteiger partial charge < -0.3 is 16.0 Å². The first kappa shape index (κ1) is 13.7. The molecule has 1 aromatic rings. The van der Waals surface area contributed by atoms with Crippen molar-refractivity contribution in [2.75, 3.05) is 31.7 Å². The Bertz CT molecular complexity index is 380. The highest BCUT2D eigenvalue weighted by Gasteiger charge is 2.21. The number of benzene rings is 1. The quantitative estimate of drug-likeness (QED) is 0.797. The highest BCUT2D eigenvalue weighted by Crippen LogP contribution is 2.23. The number of nitrogen functional groups attached to an aromatic ring is 1. The van der Waals surface area contributed by atoms with E-state index in [1.807, 2.05) is 32.8 Å². The van der Waals surface area contributed by atoms with Crippen LogP contribution < -0.4 is 11.1 Å². The summed E-state index contributed by atoms with van der Waals surface area (Å²) in [6.07, 6.45) is 0. The van der Waals surface area contributed by atoms with Crippen molar-refractivity contribution >= 4 is 11.4 Å². The van der Waals surface area contributed by atoms with E-state index in [1.165, 1.54) is 0 Å². The number of rotatable bonds is 4. The van der Waals surface area contributed by atoms with Crippen LogP contribution in [0, 0.1) is 11.6 Å². The maximum absolute atomic E-state index is 13.5. The van der Waals surface area contributed by atoms with E-state index in [2.05, 4.69) is 5.32 Å². The second-order valence-corrected chi connectivity index (χ2v) is 4.92. The predicted molar refractivity (Wildman–Crippen MR) is 67.0 cm³/mol. The van der Waals surface area contributed by atoms with Crippen LogP contribution in [-0.2, 0) is 0 Å². The van der Waals surface area contributed by atoms with Gasteiger partial charge in [0.15, 0.2) is 11.6 Å². The minimum atomic E-state index is -0.669. The van der Waals surface area contributed by atoms with Crippen molar-refractivity contribution in [3.8, 4) is 0 Å². The summed E-state index contributed by atoms with van der Waals surface area (Å²) < 4.78 is 27.0. The number of halogens is 2. The number of nitrogens with zero attached hydrogens (tertiary/aromatic N) is 1. The molecule has 0 fully saturated rings. The average Bonchev–Trinajstić information content (AvgIpc) is 2.15. The van der Waals surface area contributed by atoms with Crippen LogP contribution in [0.1, 0.15) is 13.8 Å². The Morgan fingerprint density at radius 2 is 1.71 bits per heavy atom. The van der Waals surface area contributed by atoms with E-state index in [-0.39, 0.29) is 16.9 Å². The van der Waals surface area contributed by atoms with E-state index >= 15 is 0 Å². The molecule has 0 saturated heterocycles. The maximum atomic E-state index is 13.5. The first-order valence-electron chi connectivity index (χ1n) is 5.40. The van der Waals surface area contributed by atoms with Gasteiger partial charge in [0.05, 0.1) is 0 Å². The standard InChI is InChI=1S/C12H19F2N3/c1-12(2,17(3)4)7-16-11-9(13)5-8(15)6-10(11)14/h5-6,16H,7,15H2,1-4H3. The Morgan fingerprint density at radius 1 is 1.24 bits per heavy atom. The molecule has 5 heteroatoms. The van der Waals surface area contributed by atoms with Crippen LogP contribution in [0.5, 0.6) is 0 Å². The molecule has 0 spiro atoms. The van der Waals surface area contributed by atoms with Crippen molar-refractivity contribution in [1.82, 2.24) is 4.90 Å². The van der Waals surface area contributed by atoms with Crippen molar-refractivity contribution in [2.24, 2.45) is 0 Å². The molecule has 0 amide bonds. The highest BCUT2D eigenvalue weighted by atomic mass is 19.1. The zero-order valence-electron chi connectivity index (χ0n) is 10.6. The molecule has 0 bridgehead atoms. The molecule has 0 aliphatic carbocycles. The topological polar surface area (TPSA) is 41.3 Å². The second kappa shape index (κ2) is 4.87. The fraction of sp³-hybridized carbons (Fsp3) is 0.500. The van der Waals surface area contributed by atoms with Gasteiger partial charge in [0.25, 0.3) is 0 Å². The Morgan fingerprint density at radius 3 is 2.12 bits per heavy atom. The molecule has 0 aliphatic rings. The summed E-state index contributed by atoms with van der Waals surface area (Å²) in [5, 5.41) is 2.78. The van der Waals surface area contributed by atoms with Gasteiger partial charge in [-0.3, -0.25) is 0 Å². The van der Waals surface area contributed by atoms with Gasteiger partial charge in [-0.1, -0.05) is 0 Å². The molecule has 0 radical (unpaired) electrons. The molecule has 3 nitrogen and oxygen atoms in total. The molecule has 0 saturated carbocycles. The number of anilines is 2. The zero-order chi connectivity index (χ0) is 13.2. The van der Waals surface area contributed by atoms with Crippen molar-refractivity contribution < 1.29 is 8.78 Å². The normalized spacial score (nSPS) is 11.9. The van der Waals surface area contributed by atoms with Gasteiger partial charge in [0, 0.05) is 17.8 Å². The van der Waals surface area contributed by atoms with Gasteiger partial charge in [-0.05, 0) is 40.1 Å². The summed E-state index contributed by atoms with van der Waals surface area (Å²) in [5.41, 5.74) is 5.08. The molecule has 0 unspecified atom stereocenters. The zero-order valence-corrected chi connectivity index (χ0v) is 10.6. The third kappa shape index (κ3) is 3.30. The molecule has 96 valence electrons. The van der Waals surface area contributed by atoms with Crippen LogP contribution in [-0.4, -0.2) is 31.1 Å². The number of likely N-dealkylation sites (N-methyl/N-ethyl adjacent to an activating group) is 1. The van der Waals surface area contributed by atoms with E-state index in [0.717, 1.165) is 12.1 Å². The fourth-order valence-electron chi connectivity index (χ4n) is 1.22. The molecule has 1 aromatic carbocycles. The monoisotopic (exact) mass is 243 g/mol. The lowest BCUT2D eigenvalue weighted by molar-refractivity contribution is 0.209. The fourth-order valence-corrected chi connectivity index (χ4v) is 1.22. The van der Waals surface area contributed by atoms with Crippen LogP contribution in [0.3, 0.4) is 0 Å². The van der Waals surface area contributed by atoms with Gasteiger partial charge in [-0.15, -0.1) is 0 Å². The van der Waals surface area contributed by atoms with Crippen LogP contribution in [0.2, 0.25) is 0 Å². The molecule has 1 rings (SSSR count). The Balaban J connectivity index is 2.83. The van der Waals surface area contributed by atoms with Gasteiger partial charge >= 0.3 is 0 Å². The first-order chi connectivity index (χ1) is 7.74. The van der Waals surface area contributed by atoms with Crippen molar-refractivity contribution in [1.29, 1.82) is 0 Å². The number of nitrogens with two attached hydrogens (primary N) is 1. The summed E-state index contributed by atoms with van der Waals surface area (Å²) in [6.45, 7) is 4.39. The predicted octanol–water partition coefficient (Wildman–Crippen LogP) is 2.30. The molecule has 0 heterocycles. The van der Waals surface area contributed by atoms with Gasteiger partial charge in [-0.25, -0.2) is 8.78 Å². The third-order valence-corrected chi connectivity index (χ3v) is 2.97. The molecule has 3 N–H and O–H groups in total. The number of nitrogens with one attached hydrogen (secondary N) is 1. The van der Waals surface area contributed by atoms with Crippen LogP contribution >= 0.6 is 0 Å². The Hall–Kier alpha value is -1.36. The number of hydrogen-bond acceptors (Lipinski definition) is 3. The van der Waals surface area contributed by atoms with Crippen LogP contribution in [0.4, 0.5) is 20.2 Å². The highest BCUT2D eigenvalue weighted by molar-refractivity contribution is 5.54. The smallest absolute Gasteiger partial charge is 0.151 e. The summed E-state index contributed by atoms with van der Waals surface area (Å²) >= 11 is 0. The SMILES string of the molecule is CN(C)C(C)(C)CNc1c(F)cc(N)cc1F. The number of hydrogen-bond donors (Lipinski definition) is 2. The molecule has 0 aliphatic heterocycles. The minimum absolute atomic E-state index is 0.0809. The van der Waals surface area contributed by atoms with E-state index < -0.39 is 11.6 Å². The lowest BCUT2D eigenvalue weighted by atomic mass is 10.0.